The van der Waals surface area contributed by atoms with Gasteiger partial charge in [-0.15, -0.1) is 0 Å². The summed E-state index contributed by atoms with van der Waals surface area (Å²) in [7, 11) is -3.20. The summed E-state index contributed by atoms with van der Waals surface area (Å²) in [5.41, 5.74) is 0.962. The monoisotopic (exact) mass is 327 g/mol. The van der Waals surface area contributed by atoms with E-state index in [-0.39, 0.29) is 11.7 Å². The Morgan fingerprint density at radius 1 is 1.27 bits per heavy atom. The second-order valence-corrected chi connectivity index (χ2v) is 8.55. The zero-order chi connectivity index (χ0) is 15.6. The largest absolute Gasteiger partial charge is 0.381 e. The molecular formula is C15H25N3O3S. The van der Waals surface area contributed by atoms with Crippen molar-refractivity contribution in [1.82, 2.24) is 14.1 Å². The van der Waals surface area contributed by atoms with Crippen molar-refractivity contribution < 1.29 is 13.2 Å². The van der Waals surface area contributed by atoms with Crippen molar-refractivity contribution in [3.05, 3.63) is 18.0 Å². The van der Waals surface area contributed by atoms with Gasteiger partial charge in [0.25, 0.3) is 0 Å². The molecule has 0 bridgehead atoms. The maximum atomic E-state index is 12.5. The Morgan fingerprint density at radius 2 is 2.05 bits per heavy atom. The summed E-state index contributed by atoms with van der Waals surface area (Å²) in [6.07, 6.45) is 4.92. The SMILES string of the molecule is CCCS(=O)(=O)N1Cc2ccnn2CC(COCC2CC2)C1. The molecule has 2 heterocycles. The summed E-state index contributed by atoms with van der Waals surface area (Å²) in [6, 6.07) is 1.90. The van der Waals surface area contributed by atoms with Gasteiger partial charge in [0.1, 0.15) is 0 Å². The van der Waals surface area contributed by atoms with E-state index in [1.165, 1.54) is 12.8 Å². The molecule has 1 atom stereocenters. The summed E-state index contributed by atoms with van der Waals surface area (Å²) < 4.78 is 34.3. The average molecular weight is 327 g/mol. The highest BCUT2D eigenvalue weighted by molar-refractivity contribution is 7.89. The molecule has 1 aromatic heterocycles. The standard InChI is InChI=1S/C15H25N3O3S/c1-2-7-22(19,20)17-8-14(12-21-11-13-3-4-13)9-18-15(10-17)5-6-16-18/h5-6,13-14H,2-4,7-12H2,1H3. The van der Waals surface area contributed by atoms with Gasteiger partial charge in [-0.3, -0.25) is 4.68 Å². The maximum absolute atomic E-state index is 12.5. The van der Waals surface area contributed by atoms with E-state index in [1.54, 1.807) is 10.5 Å². The molecule has 1 saturated carbocycles. The summed E-state index contributed by atoms with van der Waals surface area (Å²) in [5.74, 6) is 1.09. The van der Waals surface area contributed by atoms with E-state index in [4.69, 9.17) is 4.74 Å². The molecule has 0 spiro atoms. The maximum Gasteiger partial charge on any atom is 0.214 e. The Labute approximate surface area is 132 Å². The van der Waals surface area contributed by atoms with E-state index in [0.717, 1.165) is 24.8 Å². The van der Waals surface area contributed by atoms with Crippen molar-refractivity contribution in [2.24, 2.45) is 11.8 Å². The molecule has 22 heavy (non-hydrogen) atoms. The van der Waals surface area contributed by atoms with E-state index in [1.807, 2.05) is 17.7 Å². The highest BCUT2D eigenvalue weighted by atomic mass is 32.2. The second kappa shape index (κ2) is 6.68. The Kier molecular flexibility index (Phi) is 4.84. The lowest BCUT2D eigenvalue weighted by Gasteiger charge is -2.23. The van der Waals surface area contributed by atoms with Crippen molar-refractivity contribution in [1.29, 1.82) is 0 Å². The van der Waals surface area contributed by atoms with Gasteiger partial charge in [-0.25, -0.2) is 8.42 Å². The molecule has 1 aliphatic heterocycles. The predicted molar refractivity (Wildman–Crippen MR) is 83.7 cm³/mol. The first-order chi connectivity index (χ1) is 10.6. The number of ether oxygens (including phenoxy) is 1. The zero-order valence-corrected chi connectivity index (χ0v) is 14.0. The van der Waals surface area contributed by atoms with E-state index >= 15 is 0 Å². The van der Waals surface area contributed by atoms with Crippen LogP contribution in [0, 0.1) is 11.8 Å². The van der Waals surface area contributed by atoms with E-state index in [9.17, 15) is 8.42 Å². The first-order valence-corrected chi connectivity index (χ1v) is 9.75. The topological polar surface area (TPSA) is 64.4 Å². The second-order valence-electron chi connectivity index (χ2n) is 6.46. The van der Waals surface area contributed by atoms with Gasteiger partial charge in [0.2, 0.25) is 10.0 Å². The summed E-state index contributed by atoms with van der Waals surface area (Å²) in [4.78, 5) is 0. The van der Waals surface area contributed by atoms with E-state index in [2.05, 4.69) is 5.10 Å². The molecule has 0 amide bonds. The normalized spacial score (nSPS) is 23.2. The lowest BCUT2D eigenvalue weighted by molar-refractivity contribution is 0.0797. The smallest absolute Gasteiger partial charge is 0.214 e. The first-order valence-electron chi connectivity index (χ1n) is 8.14. The van der Waals surface area contributed by atoms with Gasteiger partial charge in [0.05, 0.1) is 24.6 Å². The van der Waals surface area contributed by atoms with Crippen LogP contribution in [0.3, 0.4) is 0 Å². The number of rotatable bonds is 7. The molecule has 0 radical (unpaired) electrons. The van der Waals surface area contributed by atoms with Crippen LogP contribution in [0.25, 0.3) is 0 Å². The molecule has 1 unspecified atom stereocenters. The molecule has 1 aliphatic carbocycles. The van der Waals surface area contributed by atoms with Crippen molar-refractivity contribution in [3.63, 3.8) is 0 Å². The minimum Gasteiger partial charge on any atom is -0.381 e. The average Bonchev–Trinajstić information content (AvgIpc) is 3.22. The molecule has 2 aliphatic rings. The third kappa shape index (κ3) is 3.88. The molecule has 1 aromatic rings. The molecule has 6 nitrogen and oxygen atoms in total. The lowest BCUT2D eigenvalue weighted by atomic mass is 10.1. The number of hydrogen-bond acceptors (Lipinski definition) is 4. The zero-order valence-electron chi connectivity index (χ0n) is 13.1. The fraction of sp³-hybridized carbons (Fsp3) is 0.800. The van der Waals surface area contributed by atoms with Crippen molar-refractivity contribution in [2.45, 2.75) is 39.3 Å². The number of fused-ring (bicyclic) bond motifs is 1. The number of nitrogens with zero attached hydrogens (tertiary/aromatic N) is 3. The van der Waals surface area contributed by atoms with Crippen LogP contribution in [0.1, 0.15) is 31.9 Å². The Morgan fingerprint density at radius 3 is 2.77 bits per heavy atom. The molecule has 124 valence electrons. The predicted octanol–water partition coefficient (Wildman–Crippen LogP) is 1.48. The number of hydrogen-bond donors (Lipinski definition) is 0. The molecule has 0 saturated heterocycles. The number of sulfonamides is 1. The fourth-order valence-corrected chi connectivity index (χ4v) is 4.43. The van der Waals surface area contributed by atoms with Gasteiger partial charge in [0, 0.05) is 31.8 Å². The number of aromatic nitrogens is 2. The Bertz CT molecular complexity index is 595. The van der Waals surface area contributed by atoms with Gasteiger partial charge in [-0.05, 0) is 31.2 Å². The summed E-state index contributed by atoms with van der Waals surface area (Å²) in [5, 5.41) is 4.32. The Hall–Kier alpha value is -0.920. The third-order valence-electron chi connectivity index (χ3n) is 4.30. The van der Waals surface area contributed by atoms with Gasteiger partial charge in [0.15, 0.2) is 0 Å². The summed E-state index contributed by atoms with van der Waals surface area (Å²) in [6.45, 7) is 4.98. The molecule has 7 heteroatoms. The highest BCUT2D eigenvalue weighted by Crippen LogP contribution is 2.29. The van der Waals surface area contributed by atoms with Gasteiger partial charge < -0.3 is 4.74 Å². The van der Waals surface area contributed by atoms with Crippen molar-refractivity contribution in [3.8, 4) is 0 Å². The molecule has 0 aromatic carbocycles. The van der Waals surface area contributed by atoms with Crippen LogP contribution in [0.2, 0.25) is 0 Å². The van der Waals surface area contributed by atoms with Gasteiger partial charge >= 0.3 is 0 Å². The van der Waals surface area contributed by atoms with Crippen LogP contribution in [0.4, 0.5) is 0 Å². The fourth-order valence-electron chi connectivity index (χ4n) is 2.88. The molecular weight excluding hydrogens is 302 g/mol. The van der Waals surface area contributed by atoms with Crippen LogP contribution in [-0.2, 0) is 27.8 Å². The van der Waals surface area contributed by atoms with Crippen LogP contribution in [0.15, 0.2) is 12.3 Å². The quantitative estimate of drug-likeness (QED) is 0.761. The van der Waals surface area contributed by atoms with Crippen LogP contribution in [-0.4, -0.2) is 48.0 Å². The minimum absolute atomic E-state index is 0.159. The summed E-state index contributed by atoms with van der Waals surface area (Å²) >= 11 is 0. The third-order valence-corrected chi connectivity index (χ3v) is 6.28. The molecule has 1 fully saturated rings. The molecule has 3 rings (SSSR count). The van der Waals surface area contributed by atoms with Gasteiger partial charge in [-0.2, -0.15) is 9.40 Å². The minimum atomic E-state index is -3.20. The van der Waals surface area contributed by atoms with Crippen LogP contribution in [0.5, 0.6) is 0 Å². The highest BCUT2D eigenvalue weighted by Gasteiger charge is 2.30. The van der Waals surface area contributed by atoms with E-state index < -0.39 is 10.0 Å². The van der Waals surface area contributed by atoms with Crippen LogP contribution < -0.4 is 0 Å². The lowest BCUT2D eigenvalue weighted by Crippen LogP contribution is -2.36. The first kappa shape index (κ1) is 16.0. The van der Waals surface area contributed by atoms with E-state index in [0.29, 0.717) is 26.1 Å². The Balaban J connectivity index is 1.70. The van der Waals surface area contributed by atoms with Crippen molar-refractivity contribution >= 4 is 10.0 Å². The molecule has 0 N–H and O–H groups in total. The van der Waals surface area contributed by atoms with Crippen LogP contribution >= 0.6 is 0 Å². The van der Waals surface area contributed by atoms with Gasteiger partial charge in [-0.1, -0.05) is 6.92 Å². The van der Waals surface area contributed by atoms with Crippen molar-refractivity contribution in [2.75, 3.05) is 25.5 Å².